The van der Waals surface area contributed by atoms with Gasteiger partial charge >= 0.3 is 0 Å². The Morgan fingerprint density at radius 2 is 2.00 bits per heavy atom. The molecule has 1 saturated heterocycles. The molecule has 130 valence electrons. The number of aromatic nitrogens is 1. The maximum atomic E-state index is 12.3. The van der Waals surface area contributed by atoms with E-state index >= 15 is 0 Å². The SMILES string of the molecule is CCCCCCCC(=O)N1CCN(C(C#N)c2cccnc2)CC1. The number of pyridine rings is 1. The molecule has 1 fully saturated rings. The highest BCUT2D eigenvalue weighted by molar-refractivity contribution is 5.76. The van der Waals surface area contributed by atoms with Crippen molar-refractivity contribution < 1.29 is 4.79 Å². The first-order valence-corrected chi connectivity index (χ1v) is 9.07. The molecule has 0 aliphatic carbocycles. The van der Waals surface area contributed by atoms with Crippen molar-refractivity contribution in [3.8, 4) is 6.07 Å². The Morgan fingerprint density at radius 3 is 2.62 bits per heavy atom. The van der Waals surface area contributed by atoms with Gasteiger partial charge in [-0.2, -0.15) is 5.26 Å². The van der Waals surface area contributed by atoms with Gasteiger partial charge in [0, 0.05) is 50.6 Å². The molecule has 5 nitrogen and oxygen atoms in total. The van der Waals surface area contributed by atoms with Crippen molar-refractivity contribution in [1.29, 1.82) is 5.26 Å². The minimum absolute atomic E-state index is 0.265. The summed E-state index contributed by atoms with van der Waals surface area (Å²) in [5.74, 6) is 0.265. The van der Waals surface area contributed by atoms with Gasteiger partial charge in [-0.25, -0.2) is 0 Å². The molecule has 24 heavy (non-hydrogen) atoms. The van der Waals surface area contributed by atoms with Crippen molar-refractivity contribution in [1.82, 2.24) is 14.8 Å². The first-order valence-electron chi connectivity index (χ1n) is 9.07. The van der Waals surface area contributed by atoms with Crippen LogP contribution in [-0.4, -0.2) is 46.9 Å². The first-order chi connectivity index (χ1) is 11.8. The Balaban J connectivity index is 1.76. The Morgan fingerprint density at radius 1 is 1.25 bits per heavy atom. The molecule has 0 radical (unpaired) electrons. The number of nitrogens with zero attached hydrogens (tertiary/aromatic N) is 4. The second kappa shape index (κ2) is 10.0. The van der Waals surface area contributed by atoms with Crippen LogP contribution in [0.25, 0.3) is 0 Å². The van der Waals surface area contributed by atoms with Crippen LogP contribution in [0.4, 0.5) is 0 Å². The lowest BCUT2D eigenvalue weighted by molar-refractivity contribution is -0.133. The Kier molecular flexibility index (Phi) is 7.70. The van der Waals surface area contributed by atoms with Crippen LogP contribution in [0.15, 0.2) is 24.5 Å². The van der Waals surface area contributed by atoms with Gasteiger partial charge in [-0.3, -0.25) is 14.7 Å². The molecule has 1 aliphatic heterocycles. The molecule has 1 unspecified atom stereocenters. The van der Waals surface area contributed by atoms with E-state index in [9.17, 15) is 10.1 Å². The van der Waals surface area contributed by atoms with Gasteiger partial charge in [-0.15, -0.1) is 0 Å². The van der Waals surface area contributed by atoms with Crippen LogP contribution in [0.1, 0.15) is 57.1 Å². The minimum Gasteiger partial charge on any atom is -0.340 e. The van der Waals surface area contributed by atoms with Gasteiger partial charge in [0.2, 0.25) is 5.91 Å². The summed E-state index contributed by atoms with van der Waals surface area (Å²) in [7, 11) is 0. The van der Waals surface area contributed by atoms with E-state index in [1.807, 2.05) is 17.0 Å². The molecule has 0 bridgehead atoms. The van der Waals surface area contributed by atoms with Crippen LogP contribution < -0.4 is 0 Å². The van der Waals surface area contributed by atoms with Crippen molar-refractivity contribution in [3.63, 3.8) is 0 Å². The normalized spacial score (nSPS) is 16.6. The predicted molar refractivity (Wildman–Crippen MR) is 94.1 cm³/mol. The number of unbranched alkanes of at least 4 members (excludes halogenated alkanes) is 4. The summed E-state index contributed by atoms with van der Waals surface area (Å²) in [6, 6.07) is 5.89. The van der Waals surface area contributed by atoms with Crippen LogP contribution in [0.5, 0.6) is 0 Å². The summed E-state index contributed by atoms with van der Waals surface area (Å²) in [5.41, 5.74) is 0.927. The lowest BCUT2D eigenvalue weighted by atomic mass is 10.1. The van der Waals surface area contributed by atoms with Gasteiger partial charge in [0.15, 0.2) is 0 Å². The van der Waals surface area contributed by atoms with Gasteiger partial charge in [0.05, 0.1) is 6.07 Å². The van der Waals surface area contributed by atoms with E-state index in [2.05, 4.69) is 22.9 Å². The van der Waals surface area contributed by atoms with Crippen molar-refractivity contribution in [2.24, 2.45) is 0 Å². The topological polar surface area (TPSA) is 60.2 Å². The molecule has 0 saturated carbocycles. The van der Waals surface area contributed by atoms with Crippen molar-refractivity contribution in [2.75, 3.05) is 26.2 Å². The molecule has 2 heterocycles. The molecule has 1 aromatic rings. The molecule has 0 aromatic carbocycles. The minimum atomic E-state index is -0.273. The van der Waals surface area contributed by atoms with Crippen LogP contribution >= 0.6 is 0 Å². The molecule has 1 aliphatic rings. The van der Waals surface area contributed by atoms with E-state index in [0.29, 0.717) is 19.5 Å². The maximum Gasteiger partial charge on any atom is 0.222 e. The molecular weight excluding hydrogens is 300 g/mol. The number of piperazine rings is 1. The van der Waals surface area contributed by atoms with Crippen molar-refractivity contribution >= 4 is 5.91 Å². The summed E-state index contributed by atoms with van der Waals surface area (Å²) >= 11 is 0. The number of rotatable bonds is 8. The Labute approximate surface area is 145 Å². The number of hydrogen-bond acceptors (Lipinski definition) is 4. The zero-order chi connectivity index (χ0) is 17.2. The highest BCUT2D eigenvalue weighted by Gasteiger charge is 2.26. The number of carbonyl (C=O) groups is 1. The van der Waals surface area contributed by atoms with E-state index in [1.165, 1.54) is 19.3 Å². The summed E-state index contributed by atoms with van der Waals surface area (Å²) in [6.45, 7) is 5.12. The van der Waals surface area contributed by atoms with E-state index < -0.39 is 0 Å². The third-order valence-electron chi connectivity index (χ3n) is 4.65. The van der Waals surface area contributed by atoms with Crippen molar-refractivity contribution in [3.05, 3.63) is 30.1 Å². The molecule has 0 spiro atoms. The third-order valence-corrected chi connectivity index (χ3v) is 4.65. The summed E-state index contributed by atoms with van der Waals surface area (Å²) in [4.78, 5) is 20.5. The zero-order valence-corrected chi connectivity index (χ0v) is 14.7. The Hall–Kier alpha value is -1.93. The fourth-order valence-electron chi connectivity index (χ4n) is 3.17. The maximum absolute atomic E-state index is 12.3. The van der Waals surface area contributed by atoms with Crippen LogP contribution in [0.2, 0.25) is 0 Å². The van der Waals surface area contributed by atoms with Crippen molar-refractivity contribution in [2.45, 2.75) is 51.5 Å². The molecule has 1 aromatic heterocycles. The molecule has 1 amide bonds. The van der Waals surface area contributed by atoms with Gasteiger partial charge in [-0.05, 0) is 12.5 Å². The monoisotopic (exact) mass is 328 g/mol. The standard InChI is InChI=1S/C19H28N4O/c1-2-3-4-5-6-9-19(24)23-13-11-22(12-14-23)18(15-20)17-8-7-10-21-16-17/h7-8,10,16,18H,2-6,9,11-14H2,1H3. The van der Waals surface area contributed by atoms with E-state index in [-0.39, 0.29) is 11.9 Å². The lowest BCUT2D eigenvalue weighted by Crippen LogP contribution is -2.49. The third kappa shape index (κ3) is 5.31. The van der Waals surface area contributed by atoms with Gasteiger partial charge in [0.1, 0.15) is 6.04 Å². The smallest absolute Gasteiger partial charge is 0.222 e. The van der Waals surface area contributed by atoms with Gasteiger partial charge in [0.25, 0.3) is 0 Å². The van der Waals surface area contributed by atoms with Gasteiger partial charge < -0.3 is 4.90 Å². The van der Waals surface area contributed by atoms with Crippen LogP contribution in [0.3, 0.4) is 0 Å². The molecule has 5 heteroatoms. The number of hydrogen-bond donors (Lipinski definition) is 0. The number of nitriles is 1. The lowest BCUT2D eigenvalue weighted by Gasteiger charge is -2.37. The van der Waals surface area contributed by atoms with E-state index in [1.54, 1.807) is 12.4 Å². The quantitative estimate of drug-likeness (QED) is 0.688. The summed E-state index contributed by atoms with van der Waals surface area (Å²) in [5, 5.41) is 9.49. The molecule has 1 atom stereocenters. The summed E-state index contributed by atoms with van der Waals surface area (Å²) < 4.78 is 0. The average Bonchev–Trinajstić information content (AvgIpc) is 2.63. The molecular formula is C19H28N4O. The first kappa shape index (κ1) is 18.4. The van der Waals surface area contributed by atoms with Crippen LogP contribution in [-0.2, 0) is 4.79 Å². The van der Waals surface area contributed by atoms with Gasteiger partial charge in [-0.1, -0.05) is 38.7 Å². The second-order valence-electron chi connectivity index (χ2n) is 6.40. The highest BCUT2D eigenvalue weighted by atomic mass is 16.2. The largest absolute Gasteiger partial charge is 0.340 e. The Bertz CT molecular complexity index is 532. The molecule has 2 rings (SSSR count). The summed E-state index contributed by atoms with van der Waals surface area (Å²) in [6.07, 6.45) is 9.99. The van der Waals surface area contributed by atoms with E-state index in [4.69, 9.17) is 0 Å². The zero-order valence-electron chi connectivity index (χ0n) is 14.7. The fourth-order valence-corrected chi connectivity index (χ4v) is 3.17. The second-order valence-corrected chi connectivity index (χ2v) is 6.40. The number of amides is 1. The average molecular weight is 328 g/mol. The highest BCUT2D eigenvalue weighted by Crippen LogP contribution is 2.21. The molecule has 0 N–H and O–H groups in total. The van der Waals surface area contributed by atoms with E-state index in [0.717, 1.165) is 31.5 Å². The number of carbonyl (C=O) groups excluding carboxylic acids is 1. The fraction of sp³-hybridized carbons (Fsp3) is 0.632. The predicted octanol–water partition coefficient (Wildman–Crippen LogP) is 3.15. The van der Waals surface area contributed by atoms with Crippen LogP contribution in [0, 0.1) is 11.3 Å².